The maximum Gasteiger partial charge on any atom is 0.173 e. The third-order valence-corrected chi connectivity index (χ3v) is 4.36. The van der Waals surface area contributed by atoms with Crippen LogP contribution in [0.3, 0.4) is 0 Å². The second kappa shape index (κ2) is 8.25. The van der Waals surface area contributed by atoms with Crippen LogP contribution in [0.4, 0.5) is 0 Å². The summed E-state index contributed by atoms with van der Waals surface area (Å²) in [7, 11) is 0. The van der Waals surface area contributed by atoms with Gasteiger partial charge in [-0.15, -0.1) is 0 Å². The van der Waals surface area contributed by atoms with Crippen molar-refractivity contribution < 1.29 is 14.3 Å². The number of hydrogen-bond acceptors (Lipinski definition) is 3. The van der Waals surface area contributed by atoms with E-state index < -0.39 is 0 Å². The molecule has 0 N–H and O–H groups in total. The summed E-state index contributed by atoms with van der Waals surface area (Å²) in [6.45, 7) is 0. The number of aldehydes is 1. The van der Waals surface area contributed by atoms with Crippen LogP contribution < -0.4 is 4.74 Å². The van der Waals surface area contributed by atoms with E-state index in [0.717, 1.165) is 11.8 Å². The van der Waals surface area contributed by atoms with Crippen LogP contribution in [0.15, 0.2) is 48.5 Å². The molecule has 22 heavy (non-hydrogen) atoms. The molecular formula is C17H14Br2O3. The first-order valence-electron chi connectivity index (χ1n) is 6.66. The first-order valence-corrected chi connectivity index (χ1v) is 8.90. The fraction of sp³-hybridized carbons (Fsp3) is 0.176. The molecule has 2 rings (SSSR count). The van der Waals surface area contributed by atoms with E-state index in [9.17, 15) is 9.59 Å². The van der Waals surface area contributed by atoms with Crippen molar-refractivity contribution in [2.45, 2.75) is 5.92 Å². The highest BCUT2D eigenvalue weighted by atomic mass is 79.9. The van der Waals surface area contributed by atoms with E-state index in [1.165, 1.54) is 0 Å². The molecule has 0 aliphatic carbocycles. The van der Waals surface area contributed by atoms with Gasteiger partial charge in [0.2, 0.25) is 0 Å². The summed E-state index contributed by atoms with van der Waals surface area (Å²) in [5, 5.41) is 0.873. The number of carbonyl (C=O) groups is 2. The first kappa shape index (κ1) is 16.9. The lowest BCUT2D eigenvalue weighted by atomic mass is 10.0. The molecule has 0 amide bonds. The predicted molar refractivity (Wildman–Crippen MR) is 93.7 cm³/mol. The molecule has 114 valence electrons. The topological polar surface area (TPSA) is 43.4 Å². The largest absolute Gasteiger partial charge is 0.457 e. The molecule has 0 saturated heterocycles. The SMILES string of the molecule is O=CC(CBr)c1ccc(Oc2cccc(C(=O)CBr)c2)cc1. The molecule has 0 spiro atoms. The third-order valence-electron chi connectivity index (χ3n) is 3.15. The minimum absolute atomic E-state index is 0.00643. The molecular weight excluding hydrogens is 412 g/mol. The zero-order chi connectivity index (χ0) is 15.9. The summed E-state index contributed by atoms with van der Waals surface area (Å²) in [6.07, 6.45) is 0.917. The molecule has 0 aliphatic rings. The molecule has 3 nitrogen and oxygen atoms in total. The van der Waals surface area contributed by atoms with E-state index in [1.54, 1.807) is 24.3 Å². The number of alkyl halides is 2. The lowest BCUT2D eigenvalue weighted by Gasteiger charge is -2.10. The molecule has 0 bridgehead atoms. The Balaban J connectivity index is 2.14. The highest BCUT2D eigenvalue weighted by molar-refractivity contribution is 9.09. The van der Waals surface area contributed by atoms with Crippen LogP contribution in [0.1, 0.15) is 21.8 Å². The van der Waals surface area contributed by atoms with Crippen molar-refractivity contribution in [3.05, 3.63) is 59.7 Å². The van der Waals surface area contributed by atoms with Gasteiger partial charge in [0.25, 0.3) is 0 Å². The fourth-order valence-electron chi connectivity index (χ4n) is 1.93. The molecule has 0 heterocycles. The molecule has 0 aliphatic heterocycles. The quantitative estimate of drug-likeness (QED) is 0.365. The van der Waals surface area contributed by atoms with E-state index in [2.05, 4.69) is 31.9 Å². The van der Waals surface area contributed by atoms with Crippen LogP contribution in [-0.2, 0) is 4.79 Å². The zero-order valence-electron chi connectivity index (χ0n) is 11.7. The maximum absolute atomic E-state index is 11.7. The van der Waals surface area contributed by atoms with Gasteiger partial charge in [-0.05, 0) is 29.8 Å². The Morgan fingerprint density at radius 2 is 1.82 bits per heavy atom. The van der Waals surface area contributed by atoms with Gasteiger partial charge in [-0.3, -0.25) is 4.79 Å². The summed E-state index contributed by atoms with van der Waals surface area (Å²) in [5.41, 5.74) is 1.54. The summed E-state index contributed by atoms with van der Waals surface area (Å²) in [5.74, 6) is 1.11. The van der Waals surface area contributed by atoms with Crippen LogP contribution in [0.25, 0.3) is 0 Å². The number of rotatable bonds is 7. The highest BCUT2D eigenvalue weighted by Crippen LogP contribution is 2.25. The summed E-state index contributed by atoms with van der Waals surface area (Å²) in [4.78, 5) is 22.6. The van der Waals surface area contributed by atoms with Crippen molar-refractivity contribution in [1.29, 1.82) is 0 Å². The Hall–Kier alpha value is -1.46. The van der Waals surface area contributed by atoms with E-state index in [4.69, 9.17) is 4.74 Å². The summed E-state index contributed by atoms with van der Waals surface area (Å²) >= 11 is 6.47. The Bertz CT molecular complexity index is 653. The second-order valence-electron chi connectivity index (χ2n) is 4.65. The number of ether oxygens (including phenoxy) is 1. The molecule has 0 radical (unpaired) electrons. The minimum atomic E-state index is -0.158. The van der Waals surface area contributed by atoms with Gasteiger partial charge in [0, 0.05) is 16.8 Å². The smallest absolute Gasteiger partial charge is 0.173 e. The molecule has 0 aromatic heterocycles. The number of halogens is 2. The number of ketones is 1. The Labute approximate surface area is 145 Å². The van der Waals surface area contributed by atoms with Crippen LogP contribution in [-0.4, -0.2) is 22.7 Å². The molecule has 5 heteroatoms. The molecule has 1 atom stereocenters. The number of benzene rings is 2. The average Bonchev–Trinajstić information content (AvgIpc) is 2.57. The van der Waals surface area contributed by atoms with Gasteiger partial charge in [-0.1, -0.05) is 56.1 Å². The van der Waals surface area contributed by atoms with Gasteiger partial charge >= 0.3 is 0 Å². The first-order chi connectivity index (χ1) is 10.7. The van der Waals surface area contributed by atoms with Crippen molar-refractivity contribution >= 4 is 43.9 Å². The van der Waals surface area contributed by atoms with E-state index >= 15 is 0 Å². The monoisotopic (exact) mass is 424 g/mol. The summed E-state index contributed by atoms with van der Waals surface area (Å²) < 4.78 is 5.75. The van der Waals surface area contributed by atoms with Gasteiger partial charge < -0.3 is 9.53 Å². The Kier molecular flexibility index (Phi) is 6.34. The molecule has 0 saturated carbocycles. The van der Waals surface area contributed by atoms with Crippen molar-refractivity contribution in [2.75, 3.05) is 10.7 Å². The van der Waals surface area contributed by atoms with Crippen LogP contribution in [0.5, 0.6) is 11.5 Å². The average molecular weight is 426 g/mol. The maximum atomic E-state index is 11.7. The lowest BCUT2D eigenvalue weighted by molar-refractivity contribution is -0.108. The normalized spacial score (nSPS) is 11.7. The van der Waals surface area contributed by atoms with Gasteiger partial charge in [0.15, 0.2) is 5.78 Å². The van der Waals surface area contributed by atoms with Crippen molar-refractivity contribution in [3.63, 3.8) is 0 Å². The number of carbonyl (C=O) groups excluding carboxylic acids is 2. The van der Waals surface area contributed by atoms with Gasteiger partial charge in [0.1, 0.15) is 17.8 Å². The van der Waals surface area contributed by atoms with E-state index in [0.29, 0.717) is 22.4 Å². The van der Waals surface area contributed by atoms with Crippen molar-refractivity contribution in [2.24, 2.45) is 0 Å². The van der Waals surface area contributed by atoms with Gasteiger partial charge in [0.05, 0.1) is 5.33 Å². The molecule has 2 aromatic rings. The zero-order valence-corrected chi connectivity index (χ0v) is 14.8. The van der Waals surface area contributed by atoms with Crippen LogP contribution in [0.2, 0.25) is 0 Å². The molecule has 2 aromatic carbocycles. The highest BCUT2D eigenvalue weighted by Gasteiger charge is 2.09. The standard InChI is InChI=1S/C17H14Br2O3/c18-9-14(11-20)12-4-6-15(7-5-12)22-16-3-1-2-13(8-16)17(21)10-19/h1-8,11,14H,9-10H2. The molecule has 0 fully saturated rings. The van der Waals surface area contributed by atoms with Crippen LogP contribution in [0, 0.1) is 0 Å². The van der Waals surface area contributed by atoms with Gasteiger partial charge in [-0.2, -0.15) is 0 Å². The van der Waals surface area contributed by atoms with Crippen molar-refractivity contribution in [1.82, 2.24) is 0 Å². The third kappa shape index (κ3) is 4.27. The van der Waals surface area contributed by atoms with Crippen molar-refractivity contribution in [3.8, 4) is 11.5 Å². The van der Waals surface area contributed by atoms with Crippen LogP contribution >= 0.6 is 31.9 Å². The lowest BCUT2D eigenvalue weighted by Crippen LogP contribution is -2.01. The number of hydrogen-bond donors (Lipinski definition) is 0. The Morgan fingerprint density at radius 1 is 1.09 bits per heavy atom. The van der Waals surface area contributed by atoms with E-state index in [1.807, 2.05) is 24.3 Å². The van der Waals surface area contributed by atoms with Gasteiger partial charge in [-0.25, -0.2) is 0 Å². The minimum Gasteiger partial charge on any atom is -0.457 e. The second-order valence-corrected chi connectivity index (χ2v) is 5.86. The Morgan fingerprint density at radius 3 is 2.41 bits per heavy atom. The predicted octanol–water partition coefficient (Wildman–Crippen LogP) is 4.73. The van der Waals surface area contributed by atoms with E-state index in [-0.39, 0.29) is 17.0 Å². The fourth-order valence-corrected chi connectivity index (χ4v) is 2.78. The number of Topliss-reactive ketones (excluding diaryl/α,β-unsaturated/α-hetero) is 1. The summed E-state index contributed by atoms with van der Waals surface area (Å²) in [6, 6.07) is 14.4. The molecule has 1 unspecified atom stereocenters.